The molecule has 5 N–H and O–H groups in total. The van der Waals surface area contributed by atoms with Crippen LogP contribution in [0, 0.1) is 6.92 Å². The van der Waals surface area contributed by atoms with Gasteiger partial charge in [-0.1, -0.05) is 59.9 Å². The molecule has 5 rings (SSSR count). The van der Waals surface area contributed by atoms with Gasteiger partial charge >= 0.3 is 6.09 Å². The van der Waals surface area contributed by atoms with Gasteiger partial charge in [0.05, 0.1) is 0 Å². The molecule has 2 amide bonds. The number of carbonyl (C=O) groups is 2. The molecule has 9 heteroatoms. The third-order valence-electron chi connectivity index (χ3n) is 5.88. The Morgan fingerprint density at radius 2 is 1.86 bits per heavy atom. The molecule has 188 valence electrons. The number of thiazole rings is 1. The number of benzene rings is 3. The first-order valence-electron chi connectivity index (χ1n) is 12.0. The summed E-state index contributed by atoms with van der Waals surface area (Å²) in [5.74, 6) is -0.0933. The van der Waals surface area contributed by atoms with Gasteiger partial charge in [-0.15, -0.1) is 0 Å². The van der Waals surface area contributed by atoms with E-state index in [0.717, 1.165) is 35.2 Å². The zero-order valence-corrected chi connectivity index (χ0v) is 21.1. The van der Waals surface area contributed by atoms with Gasteiger partial charge in [-0.25, -0.2) is 9.78 Å². The van der Waals surface area contributed by atoms with Gasteiger partial charge < -0.3 is 26.4 Å². The molecule has 37 heavy (non-hydrogen) atoms. The van der Waals surface area contributed by atoms with Crippen LogP contribution in [-0.2, 0) is 6.54 Å². The lowest BCUT2D eigenvalue weighted by Gasteiger charge is -2.10. The highest BCUT2D eigenvalue weighted by molar-refractivity contribution is 7.18. The number of rotatable bonds is 8. The number of aromatic nitrogens is 1. The summed E-state index contributed by atoms with van der Waals surface area (Å²) < 4.78 is 5.68. The van der Waals surface area contributed by atoms with Crippen molar-refractivity contribution in [3.63, 3.8) is 0 Å². The normalized spacial score (nSPS) is 12.6. The molecule has 8 nitrogen and oxygen atoms in total. The summed E-state index contributed by atoms with van der Waals surface area (Å²) in [6, 6.07) is 22.6. The number of nitrogens with two attached hydrogens (primary N) is 1. The fourth-order valence-electron chi connectivity index (χ4n) is 3.70. The average molecular weight is 514 g/mol. The van der Waals surface area contributed by atoms with Crippen molar-refractivity contribution in [2.75, 3.05) is 11.1 Å². The zero-order chi connectivity index (χ0) is 25.8. The fraction of sp³-hybridized carbons (Fsp3) is 0.179. The molecule has 0 saturated heterocycles. The van der Waals surface area contributed by atoms with Crippen molar-refractivity contribution < 1.29 is 14.3 Å². The summed E-state index contributed by atoms with van der Waals surface area (Å²) in [6.45, 7) is 2.29. The second-order valence-corrected chi connectivity index (χ2v) is 9.87. The molecule has 1 fully saturated rings. The highest BCUT2D eigenvalue weighted by atomic mass is 32.1. The van der Waals surface area contributed by atoms with Crippen molar-refractivity contribution >= 4 is 39.8 Å². The standard InChI is InChI=1S/C28H27N5O3S/c1-17-10-11-20(25(34)31-22-12-13-22)15-23(17)32-27-33-24(19-8-5-9-21(29)14-19)26(37-27)36-28(35)30-16-18-6-3-2-4-7-18/h2-11,14-15,22H,12-13,16,29H2,1H3,(H,30,35)(H,31,34)(H,32,33). The van der Waals surface area contributed by atoms with E-state index in [1.165, 1.54) is 11.3 Å². The molecule has 0 radical (unpaired) electrons. The molecular formula is C28H27N5O3S. The Labute approximate surface area is 218 Å². The summed E-state index contributed by atoms with van der Waals surface area (Å²) in [5.41, 5.74) is 11.0. The molecule has 0 spiro atoms. The Bertz CT molecular complexity index is 1430. The lowest BCUT2D eigenvalue weighted by atomic mass is 10.1. The number of nitrogen functional groups attached to an aromatic ring is 1. The molecule has 1 aliphatic rings. The number of nitrogens with one attached hydrogen (secondary N) is 3. The van der Waals surface area contributed by atoms with Gasteiger partial charge in [-0.3, -0.25) is 4.79 Å². The monoisotopic (exact) mass is 513 g/mol. The van der Waals surface area contributed by atoms with Crippen LogP contribution in [0.3, 0.4) is 0 Å². The minimum atomic E-state index is -0.584. The van der Waals surface area contributed by atoms with E-state index in [0.29, 0.717) is 33.7 Å². The molecule has 1 aromatic heterocycles. The molecule has 4 aromatic rings. The molecule has 1 aliphatic carbocycles. The van der Waals surface area contributed by atoms with Gasteiger partial charge in [0, 0.05) is 35.1 Å². The van der Waals surface area contributed by atoms with Gasteiger partial charge in [0.15, 0.2) is 5.13 Å². The van der Waals surface area contributed by atoms with E-state index in [4.69, 9.17) is 15.5 Å². The Morgan fingerprint density at radius 3 is 2.62 bits per heavy atom. The number of hydrogen-bond donors (Lipinski definition) is 4. The predicted molar refractivity (Wildman–Crippen MR) is 146 cm³/mol. The lowest BCUT2D eigenvalue weighted by molar-refractivity contribution is 0.0951. The van der Waals surface area contributed by atoms with Crippen molar-refractivity contribution in [1.29, 1.82) is 0 Å². The maximum absolute atomic E-state index is 12.6. The topological polar surface area (TPSA) is 118 Å². The summed E-state index contributed by atoms with van der Waals surface area (Å²) in [7, 11) is 0. The van der Waals surface area contributed by atoms with Crippen molar-refractivity contribution in [3.05, 3.63) is 89.5 Å². The maximum Gasteiger partial charge on any atom is 0.413 e. The Kier molecular flexibility index (Phi) is 7.04. The van der Waals surface area contributed by atoms with Gasteiger partial charge in [-0.2, -0.15) is 0 Å². The summed E-state index contributed by atoms with van der Waals surface area (Å²) in [4.78, 5) is 29.9. The Balaban J connectivity index is 1.38. The SMILES string of the molecule is Cc1ccc(C(=O)NC2CC2)cc1Nc1nc(-c2cccc(N)c2)c(OC(=O)NCc2ccccc2)s1. The number of anilines is 3. The van der Waals surface area contributed by atoms with Crippen LogP contribution in [0.4, 0.5) is 21.3 Å². The van der Waals surface area contributed by atoms with Crippen LogP contribution in [0.25, 0.3) is 11.3 Å². The van der Waals surface area contributed by atoms with Gasteiger partial charge in [0.2, 0.25) is 5.06 Å². The van der Waals surface area contributed by atoms with Crippen molar-refractivity contribution in [2.45, 2.75) is 32.4 Å². The van der Waals surface area contributed by atoms with Crippen LogP contribution in [0.15, 0.2) is 72.8 Å². The number of aryl methyl sites for hydroxylation is 1. The predicted octanol–water partition coefficient (Wildman–Crippen LogP) is 5.63. The number of ether oxygens (including phenoxy) is 1. The van der Waals surface area contributed by atoms with Crippen LogP contribution in [0.5, 0.6) is 5.06 Å². The van der Waals surface area contributed by atoms with Crippen LogP contribution in [0.2, 0.25) is 0 Å². The zero-order valence-electron chi connectivity index (χ0n) is 20.3. The van der Waals surface area contributed by atoms with E-state index in [9.17, 15) is 9.59 Å². The van der Waals surface area contributed by atoms with Crippen LogP contribution < -0.4 is 26.4 Å². The Morgan fingerprint density at radius 1 is 1.05 bits per heavy atom. The number of amides is 2. The van der Waals surface area contributed by atoms with E-state index >= 15 is 0 Å². The van der Waals surface area contributed by atoms with E-state index < -0.39 is 6.09 Å². The second kappa shape index (κ2) is 10.7. The smallest absolute Gasteiger partial charge is 0.399 e. The molecule has 0 unspecified atom stereocenters. The van der Waals surface area contributed by atoms with E-state index in [-0.39, 0.29) is 11.9 Å². The highest BCUT2D eigenvalue weighted by Crippen LogP contribution is 2.40. The van der Waals surface area contributed by atoms with Crippen LogP contribution >= 0.6 is 11.3 Å². The van der Waals surface area contributed by atoms with Gasteiger partial charge in [0.1, 0.15) is 5.69 Å². The quantitative estimate of drug-likeness (QED) is 0.227. The summed E-state index contributed by atoms with van der Waals surface area (Å²) in [5, 5.41) is 9.93. The first-order valence-corrected chi connectivity index (χ1v) is 12.8. The molecule has 0 bridgehead atoms. The number of hydrogen-bond acceptors (Lipinski definition) is 7. The summed E-state index contributed by atoms with van der Waals surface area (Å²) in [6.07, 6.45) is 1.46. The second-order valence-electron chi connectivity index (χ2n) is 8.91. The first-order chi connectivity index (χ1) is 17.9. The van der Waals surface area contributed by atoms with E-state index in [2.05, 4.69) is 16.0 Å². The summed E-state index contributed by atoms with van der Waals surface area (Å²) >= 11 is 1.20. The fourth-order valence-corrected chi connectivity index (χ4v) is 4.55. The van der Waals surface area contributed by atoms with Crippen molar-refractivity contribution in [2.24, 2.45) is 0 Å². The largest absolute Gasteiger partial charge is 0.413 e. The minimum absolute atomic E-state index is 0.0933. The Hall–Kier alpha value is -4.37. The van der Waals surface area contributed by atoms with Gasteiger partial charge in [-0.05, 0) is 55.2 Å². The molecule has 1 heterocycles. The molecule has 3 aromatic carbocycles. The third-order valence-corrected chi connectivity index (χ3v) is 6.72. The first kappa shape index (κ1) is 24.3. The molecule has 1 saturated carbocycles. The van der Waals surface area contributed by atoms with Crippen LogP contribution in [0.1, 0.15) is 34.3 Å². The average Bonchev–Trinajstić information content (AvgIpc) is 3.62. The molecule has 0 atom stereocenters. The lowest BCUT2D eigenvalue weighted by Crippen LogP contribution is -2.26. The van der Waals surface area contributed by atoms with E-state index in [1.54, 1.807) is 12.1 Å². The third kappa shape index (κ3) is 6.25. The molecular weight excluding hydrogens is 486 g/mol. The highest BCUT2D eigenvalue weighted by Gasteiger charge is 2.24. The number of carbonyl (C=O) groups excluding carboxylic acids is 2. The maximum atomic E-state index is 12.6. The number of nitrogens with zero attached hydrogens (tertiary/aromatic N) is 1. The van der Waals surface area contributed by atoms with E-state index in [1.807, 2.05) is 67.6 Å². The van der Waals surface area contributed by atoms with Crippen molar-refractivity contribution in [3.8, 4) is 16.3 Å². The minimum Gasteiger partial charge on any atom is -0.399 e. The molecule has 0 aliphatic heterocycles. The van der Waals surface area contributed by atoms with Crippen molar-refractivity contribution in [1.82, 2.24) is 15.6 Å². The van der Waals surface area contributed by atoms with Crippen LogP contribution in [-0.4, -0.2) is 23.0 Å². The van der Waals surface area contributed by atoms with Gasteiger partial charge in [0.25, 0.3) is 5.91 Å².